The van der Waals surface area contributed by atoms with Crippen LogP contribution in [-0.4, -0.2) is 18.0 Å². The first-order valence-electron chi connectivity index (χ1n) is 7.84. The van der Waals surface area contributed by atoms with Crippen molar-refractivity contribution in [2.75, 3.05) is 6.61 Å². The van der Waals surface area contributed by atoms with Crippen LogP contribution in [0, 0.1) is 0 Å². The zero-order valence-corrected chi connectivity index (χ0v) is 13.1. The number of fused-ring (bicyclic) bond motifs is 1. The van der Waals surface area contributed by atoms with Crippen molar-refractivity contribution in [1.82, 2.24) is 0 Å². The zero-order valence-electron chi connectivity index (χ0n) is 13.1. The number of ether oxygens (including phenoxy) is 1. The Balaban J connectivity index is 2.17. The van der Waals surface area contributed by atoms with E-state index >= 15 is 0 Å². The van der Waals surface area contributed by atoms with Crippen molar-refractivity contribution < 1.29 is 4.74 Å². The van der Waals surface area contributed by atoms with Crippen molar-refractivity contribution in [2.24, 2.45) is 4.99 Å². The van der Waals surface area contributed by atoms with Gasteiger partial charge < -0.3 is 4.74 Å². The molecule has 0 N–H and O–H groups in total. The predicted octanol–water partition coefficient (Wildman–Crippen LogP) is 4.74. The van der Waals surface area contributed by atoms with E-state index in [4.69, 9.17) is 9.73 Å². The highest BCUT2D eigenvalue weighted by Crippen LogP contribution is 2.29. The molecule has 0 amide bonds. The van der Waals surface area contributed by atoms with E-state index in [0.717, 1.165) is 12.3 Å². The van der Waals surface area contributed by atoms with Crippen LogP contribution in [0.4, 0.5) is 0 Å². The van der Waals surface area contributed by atoms with Gasteiger partial charge in [-0.2, -0.15) is 0 Å². The van der Waals surface area contributed by atoms with Crippen LogP contribution in [0.3, 0.4) is 0 Å². The van der Waals surface area contributed by atoms with Gasteiger partial charge in [0, 0.05) is 5.56 Å². The van der Waals surface area contributed by atoms with Gasteiger partial charge in [-0.15, -0.1) is 0 Å². The number of unbranched alkanes of at least 4 members (excludes halogenated alkanes) is 1. The molecule has 2 heteroatoms. The molecule has 0 spiro atoms. The summed E-state index contributed by atoms with van der Waals surface area (Å²) in [5.41, 5.74) is 2.44. The standard InChI is InChI=1S/C19H23NO/c1-4-5-8-15-12-11-14-9-6-7-10-16(14)17(15)18-20-19(2,3)13-21-18/h6-7,9-12H,4-5,8,13H2,1-3H3. The number of aryl methyl sites for hydroxylation is 1. The molecule has 0 saturated heterocycles. The highest BCUT2D eigenvalue weighted by molar-refractivity contribution is 6.09. The Morgan fingerprint density at radius 2 is 1.95 bits per heavy atom. The molecule has 0 saturated carbocycles. The van der Waals surface area contributed by atoms with Crippen molar-refractivity contribution in [3.63, 3.8) is 0 Å². The average molecular weight is 281 g/mol. The highest BCUT2D eigenvalue weighted by Gasteiger charge is 2.29. The maximum Gasteiger partial charge on any atom is 0.217 e. The van der Waals surface area contributed by atoms with Crippen molar-refractivity contribution in [3.05, 3.63) is 47.5 Å². The smallest absolute Gasteiger partial charge is 0.217 e. The molecular weight excluding hydrogens is 258 g/mol. The molecule has 0 radical (unpaired) electrons. The summed E-state index contributed by atoms with van der Waals surface area (Å²) in [4.78, 5) is 4.80. The van der Waals surface area contributed by atoms with Crippen LogP contribution in [0.5, 0.6) is 0 Å². The van der Waals surface area contributed by atoms with E-state index in [9.17, 15) is 0 Å². The summed E-state index contributed by atoms with van der Waals surface area (Å²) in [7, 11) is 0. The molecule has 3 rings (SSSR count). The summed E-state index contributed by atoms with van der Waals surface area (Å²) in [6, 6.07) is 13.0. The number of rotatable bonds is 4. The third kappa shape index (κ3) is 2.80. The van der Waals surface area contributed by atoms with E-state index in [1.165, 1.54) is 34.7 Å². The van der Waals surface area contributed by atoms with Gasteiger partial charge >= 0.3 is 0 Å². The van der Waals surface area contributed by atoms with Gasteiger partial charge in [-0.1, -0.05) is 49.7 Å². The molecule has 0 atom stereocenters. The lowest BCUT2D eigenvalue weighted by atomic mass is 9.95. The SMILES string of the molecule is CCCCc1ccc2ccccc2c1C1=NC(C)(C)CO1. The molecule has 2 aromatic rings. The first kappa shape index (κ1) is 14.1. The molecule has 0 aliphatic carbocycles. The minimum atomic E-state index is -0.117. The van der Waals surface area contributed by atoms with Crippen LogP contribution in [0.2, 0.25) is 0 Å². The van der Waals surface area contributed by atoms with Crippen LogP contribution in [0.1, 0.15) is 44.7 Å². The summed E-state index contributed by atoms with van der Waals surface area (Å²) in [6.07, 6.45) is 3.48. The Hall–Kier alpha value is -1.83. The molecule has 0 fully saturated rings. The second-order valence-electron chi connectivity index (χ2n) is 6.44. The van der Waals surface area contributed by atoms with Gasteiger partial charge in [-0.25, -0.2) is 4.99 Å². The zero-order chi connectivity index (χ0) is 14.9. The lowest BCUT2D eigenvalue weighted by Crippen LogP contribution is -2.17. The molecule has 110 valence electrons. The molecule has 0 bridgehead atoms. The number of nitrogens with zero attached hydrogens (tertiary/aromatic N) is 1. The highest BCUT2D eigenvalue weighted by atomic mass is 16.5. The number of hydrogen-bond acceptors (Lipinski definition) is 2. The van der Waals surface area contributed by atoms with Crippen molar-refractivity contribution in [1.29, 1.82) is 0 Å². The van der Waals surface area contributed by atoms with Crippen LogP contribution in [0.25, 0.3) is 10.8 Å². The summed E-state index contributed by atoms with van der Waals surface area (Å²) < 4.78 is 5.93. The van der Waals surface area contributed by atoms with Gasteiger partial charge in [-0.3, -0.25) is 0 Å². The Bertz CT molecular complexity index is 685. The second kappa shape index (κ2) is 5.51. The van der Waals surface area contributed by atoms with E-state index in [1.54, 1.807) is 0 Å². The van der Waals surface area contributed by atoms with Crippen molar-refractivity contribution in [3.8, 4) is 0 Å². The Morgan fingerprint density at radius 3 is 2.67 bits per heavy atom. The largest absolute Gasteiger partial charge is 0.475 e. The Labute approximate surface area is 126 Å². The van der Waals surface area contributed by atoms with E-state index in [1.807, 2.05) is 0 Å². The van der Waals surface area contributed by atoms with E-state index in [2.05, 4.69) is 57.2 Å². The van der Waals surface area contributed by atoms with Crippen molar-refractivity contribution in [2.45, 2.75) is 45.6 Å². The van der Waals surface area contributed by atoms with Crippen LogP contribution in [-0.2, 0) is 11.2 Å². The van der Waals surface area contributed by atoms with Crippen LogP contribution < -0.4 is 0 Å². The number of benzene rings is 2. The fraction of sp³-hybridized carbons (Fsp3) is 0.421. The molecule has 2 aromatic carbocycles. The second-order valence-corrected chi connectivity index (χ2v) is 6.44. The van der Waals surface area contributed by atoms with Crippen LogP contribution >= 0.6 is 0 Å². The van der Waals surface area contributed by atoms with Gasteiger partial charge in [0.25, 0.3) is 0 Å². The molecule has 21 heavy (non-hydrogen) atoms. The topological polar surface area (TPSA) is 21.6 Å². The summed E-state index contributed by atoms with van der Waals surface area (Å²) in [5.74, 6) is 0.822. The third-order valence-corrected chi connectivity index (χ3v) is 4.00. The first-order valence-corrected chi connectivity index (χ1v) is 7.84. The molecule has 2 nitrogen and oxygen atoms in total. The minimum absolute atomic E-state index is 0.117. The van der Waals surface area contributed by atoms with Gasteiger partial charge in [0.1, 0.15) is 6.61 Å². The van der Waals surface area contributed by atoms with Crippen LogP contribution in [0.15, 0.2) is 41.4 Å². The third-order valence-electron chi connectivity index (χ3n) is 4.00. The summed E-state index contributed by atoms with van der Waals surface area (Å²) >= 11 is 0. The number of aliphatic imine (C=N–C) groups is 1. The summed E-state index contributed by atoms with van der Waals surface area (Å²) in [6.45, 7) is 7.14. The Morgan fingerprint density at radius 1 is 1.14 bits per heavy atom. The first-order chi connectivity index (χ1) is 10.1. The maximum absolute atomic E-state index is 5.93. The lowest BCUT2D eigenvalue weighted by molar-refractivity contribution is 0.279. The van der Waals surface area contributed by atoms with E-state index in [-0.39, 0.29) is 5.54 Å². The van der Waals surface area contributed by atoms with Crippen molar-refractivity contribution >= 4 is 16.7 Å². The minimum Gasteiger partial charge on any atom is -0.475 e. The Kier molecular flexibility index (Phi) is 3.71. The van der Waals surface area contributed by atoms with Gasteiger partial charge in [0.2, 0.25) is 5.90 Å². The van der Waals surface area contributed by atoms with E-state index < -0.39 is 0 Å². The molecule has 1 aliphatic rings. The number of hydrogen-bond donors (Lipinski definition) is 0. The fourth-order valence-electron chi connectivity index (χ4n) is 2.86. The monoisotopic (exact) mass is 281 g/mol. The van der Waals surface area contributed by atoms with Gasteiger partial charge in [-0.05, 0) is 43.0 Å². The fourth-order valence-corrected chi connectivity index (χ4v) is 2.86. The molecule has 0 aromatic heterocycles. The predicted molar refractivity (Wildman–Crippen MR) is 89.1 cm³/mol. The molecular formula is C19H23NO. The lowest BCUT2D eigenvalue weighted by Gasteiger charge is -2.12. The van der Waals surface area contributed by atoms with Gasteiger partial charge in [0.15, 0.2) is 0 Å². The van der Waals surface area contributed by atoms with Gasteiger partial charge in [0.05, 0.1) is 5.54 Å². The molecule has 1 heterocycles. The quantitative estimate of drug-likeness (QED) is 0.793. The molecule has 1 aliphatic heterocycles. The molecule has 0 unspecified atom stereocenters. The summed E-state index contributed by atoms with van der Waals surface area (Å²) in [5, 5.41) is 2.51. The van der Waals surface area contributed by atoms with E-state index in [0.29, 0.717) is 6.61 Å². The normalized spacial score (nSPS) is 16.8. The maximum atomic E-state index is 5.93. The average Bonchev–Trinajstić information content (AvgIpc) is 2.84.